The summed E-state index contributed by atoms with van der Waals surface area (Å²) in [6, 6.07) is 6.93. The van der Waals surface area contributed by atoms with Gasteiger partial charge in [-0.25, -0.2) is 0 Å². The topological polar surface area (TPSA) is 30.5 Å². The molecule has 1 aromatic rings. The largest absolute Gasteiger partial charge is 0.497 e. The highest BCUT2D eigenvalue weighted by Gasteiger charge is 2.22. The molecule has 1 atom stereocenters. The van der Waals surface area contributed by atoms with Crippen molar-refractivity contribution in [1.82, 2.24) is 5.32 Å². The van der Waals surface area contributed by atoms with Crippen LogP contribution >= 0.6 is 0 Å². The van der Waals surface area contributed by atoms with Gasteiger partial charge in [-0.2, -0.15) is 0 Å². The van der Waals surface area contributed by atoms with Crippen molar-refractivity contribution in [2.75, 3.05) is 26.9 Å². The van der Waals surface area contributed by atoms with Crippen LogP contribution in [0.3, 0.4) is 0 Å². The number of rotatable bonds is 7. The molecule has 0 amide bonds. The third-order valence-corrected chi connectivity index (χ3v) is 4.35. The molecule has 1 fully saturated rings. The standard InChI is InChI=1S/C17H25NO2/c1-19-15-8-7-14-3-2-4-17(16(14)11-15)18-9-10-20-12-13-5-6-13/h7-8,11,13,17-18H,2-6,9-10,12H2,1H3. The molecule has 20 heavy (non-hydrogen) atoms. The van der Waals surface area contributed by atoms with Crippen LogP contribution in [0.5, 0.6) is 5.75 Å². The zero-order chi connectivity index (χ0) is 13.8. The second-order valence-corrected chi connectivity index (χ2v) is 5.98. The normalized spacial score (nSPS) is 21.6. The van der Waals surface area contributed by atoms with E-state index in [1.165, 1.54) is 43.2 Å². The van der Waals surface area contributed by atoms with Gasteiger partial charge in [0.25, 0.3) is 0 Å². The van der Waals surface area contributed by atoms with Gasteiger partial charge in [-0.3, -0.25) is 0 Å². The van der Waals surface area contributed by atoms with Crippen molar-refractivity contribution in [3.8, 4) is 5.75 Å². The van der Waals surface area contributed by atoms with Gasteiger partial charge in [-0.15, -0.1) is 0 Å². The van der Waals surface area contributed by atoms with Gasteiger partial charge in [0.15, 0.2) is 0 Å². The first-order valence-electron chi connectivity index (χ1n) is 7.85. The van der Waals surface area contributed by atoms with Crippen molar-refractivity contribution in [1.29, 1.82) is 0 Å². The summed E-state index contributed by atoms with van der Waals surface area (Å²) in [5.41, 5.74) is 2.88. The Morgan fingerprint density at radius 3 is 2.95 bits per heavy atom. The highest BCUT2D eigenvalue weighted by atomic mass is 16.5. The molecule has 1 N–H and O–H groups in total. The molecule has 0 aromatic heterocycles. The monoisotopic (exact) mass is 275 g/mol. The SMILES string of the molecule is COc1ccc2c(c1)C(NCCOCC1CC1)CCC2. The molecule has 3 nitrogen and oxygen atoms in total. The molecule has 0 spiro atoms. The predicted octanol–water partition coefficient (Wildman–Crippen LogP) is 3.09. The van der Waals surface area contributed by atoms with Gasteiger partial charge in [0, 0.05) is 19.2 Å². The fourth-order valence-electron chi connectivity index (χ4n) is 2.96. The number of fused-ring (bicyclic) bond motifs is 1. The Morgan fingerprint density at radius 2 is 2.15 bits per heavy atom. The second-order valence-electron chi connectivity index (χ2n) is 5.98. The first kappa shape index (κ1) is 13.9. The number of aryl methyl sites for hydroxylation is 1. The molecule has 0 saturated heterocycles. The van der Waals surface area contributed by atoms with Gasteiger partial charge in [0.1, 0.15) is 5.75 Å². The maximum Gasteiger partial charge on any atom is 0.119 e. The van der Waals surface area contributed by atoms with E-state index in [0.29, 0.717) is 6.04 Å². The van der Waals surface area contributed by atoms with Crippen LogP contribution in [0.25, 0.3) is 0 Å². The maximum absolute atomic E-state index is 5.69. The zero-order valence-corrected chi connectivity index (χ0v) is 12.4. The second kappa shape index (κ2) is 6.59. The van der Waals surface area contributed by atoms with E-state index in [1.54, 1.807) is 7.11 Å². The molecule has 2 aliphatic rings. The van der Waals surface area contributed by atoms with E-state index >= 15 is 0 Å². The third-order valence-electron chi connectivity index (χ3n) is 4.35. The molecule has 0 heterocycles. The van der Waals surface area contributed by atoms with Gasteiger partial charge in [0.05, 0.1) is 13.7 Å². The minimum absolute atomic E-state index is 0.457. The van der Waals surface area contributed by atoms with E-state index in [0.717, 1.165) is 31.4 Å². The lowest BCUT2D eigenvalue weighted by molar-refractivity contribution is 0.123. The van der Waals surface area contributed by atoms with Crippen molar-refractivity contribution < 1.29 is 9.47 Å². The van der Waals surface area contributed by atoms with Crippen LogP contribution in [0.15, 0.2) is 18.2 Å². The number of hydrogen-bond donors (Lipinski definition) is 1. The maximum atomic E-state index is 5.69. The summed E-state index contributed by atoms with van der Waals surface area (Å²) >= 11 is 0. The molecule has 2 aliphatic carbocycles. The van der Waals surface area contributed by atoms with E-state index in [1.807, 2.05) is 0 Å². The lowest BCUT2D eigenvalue weighted by Crippen LogP contribution is -2.28. The lowest BCUT2D eigenvalue weighted by atomic mass is 9.87. The molecule has 1 saturated carbocycles. The van der Waals surface area contributed by atoms with Gasteiger partial charge < -0.3 is 14.8 Å². The van der Waals surface area contributed by atoms with Crippen molar-refractivity contribution in [2.45, 2.75) is 38.1 Å². The fraction of sp³-hybridized carbons (Fsp3) is 0.647. The summed E-state index contributed by atoms with van der Waals surface area (Å²) < 4.78 is 11.0. The Bertz CT molecular complexity index is 443. The number of benzene rings is 1. The molecule has 3 heteroatoms. The van der Waals surface area contributed by atoms with Gasteiger partial charge in [0.2, 0.25) is 0 Å². The number of hydrogen-bond acceptors (Lipinski definition) is 3. The first-order valence-corrected chi connectivity index (χ1v) is 7.85. The average Bonchev–Trinajstić information content (AvgIpc) is 3.31. The third kappa shape index (κ3) is 3.53. The van der Waals surface area contributed by atoms with Crippen LogP contribution in [0, 0.1) is 5.92 Å². The summed E-state index contributed by atoms with van der Waals surface area (Å²) in [7, 11) is 1.73. The molecule has 0 bridgehead atoms. The van der Waals surface area contributed by atoms with E-state index in [4.69, 9.17) is 9.47 Å². The molecule has 1 aromatic carbocycles. The quantitative estimate of drug-likeness (QED) is 0.776. The highest BCUT2D eigenvalue weighted by Crippen LogP contribution is 2.32. The average molecular weight is 275 g/mol. The Hall–Kier alpha value is -1.06. The summed E-state index contributed by atoms with van der Waals surface area (Å²) in [5.74, 6) is 1.82. The Kier molecular flexibility index (Phi) is 4.58. The summed E-state index contributed by atoms with van der Waals surface area (Å²) in [5, 5.41) is 3.64. The number of methoxy groups -OCH3 is 1. The number of nitrogens with one attached hydrogen (secondary N) is 1. The molecule has 110 valence electrons. The summed E-state index contributed by atoms with van der Waals surface area (Å²) in [6.45, 7) is 2.72. The van der Waals surface area contributed by atoms with Gasteiger partial charge in [-0.05, 0) is 61.3 Å². The predicted molar refractivity (Wildman–Crippen MR) is 80.2 cm³/mol. The zero-order valence-electron chi connectivity index (χ0n) is 12.4. The van der Waals surface area contributed by atoms with Gasteiger partial charge >= 0.3 is 0 Å². The Labute approximate surface area is 121 Å². The fourth-order valence-corrected chi connectivity index (χ4v) is 2.96. The van der Waals surface area contributed by atoms with E-state index in [9.17, 15) is 0 Å². The Morgan fingerprint density at radius 1 is 1.25 bits per heavy atom. The molecule has 1 unspecified atom stereocenters. The molecular formula is C17H25NO2. The van der Waals surface area contributed by atoms with Crippen molar-refractivity contribution in [2.24, 2.45) is 5.92 Å². The van der Waals surface area contributed by atoms with Crippen LogP contribution in [0.2, 0.25) is 0 Å². The van der Waals surface area contributed by atoms with E-state index in [-0.39, 0.29) is 0 Å². The van der Waals surface area contributed by atoms with Crippen molar-refractivity contribution >= 4 is 0 Å². The molecule has 0 aliphatic heterocycles. The summed E-state index contributed by atoms with van der Waals surface area (Å²) in [6.07, 6.45) is 6.39. The van der Waals surface area contributed by atoms with E-state index in [2.05, 4.69) is 23.5 Å². The Balaban J connectivity index is 1.51. The molecule has 0 radical (unpaired) electrons. The lowest BCUT2D eigenvalue weighted by Gasteiger charge is -2.27. The van der Waals surface area contributed by atoms with Crippen LogP contribution in [-0.4, -0.2) is 26.9 Å². The minimum Gasteiger partial charge on any atom is -0.497 e. The van der Waals surface area contributed by atoms with E-state index < -0.39 is 0 Å². The van der Waals surface area contributed by atoms with Gasteiger partial charge in [-0.1, -0.05) is 6.07 Å². The van der Waals surface area contributed by atoms with Crippen LogP contribution in [0.4, 0.5) is 0 Å². The number of ether oxygens (including phenoxy) is 2. The minimum atomic E-state index is 0.457. The van der Waals surface area contributed by atoms with Crippen molar-refractivity contribution in [3.05, 3.63) is 29.3 Å². The first-order chi connectivity index (χ1) is 9.86. The smallest absolute Gasteiger partial charge is 0.119 e. The van der Waals surface area contributed by atoms with Crippen LogP contribution < -0.4 is 10.1 Å². The molecule has 3 rings (SSSR count). The molecular weight excluding hydrogens is 250 g/mol. The van der Waals surface area contributed by atoms with Crippen molar-refractivity contribution in [3.63, 3.8) is 0 Å². The van der Waals surface area contributed by atoms with Crippen LogP contribution in [-0.2, 0) is 11.2 Å². The highest BCUT2D eigenvalue weighted by molar-refractivity contribution is 5.39. The van der Waals surface area contributed by atoms with Crippen LogP contribution in [0.1, 0.15) is 42.9 Å². The summed E-state index contributed by atoms with van der Waals surface area (Å²) in [4.78, 5) is 0.